The number of hydrogen-bond acceptors (Lipinski definition) is 4. The molecule has 2 N–H and O–H groups in total. The lowest BCUT2D eigenvalue weighted by atomic mass is 9.95. The average molecular weight is 425 g/mol. The summed E-state index contributed by atoms with van der Waals surface area (Å²) < 4.78 is 38.6. The fourth-order valence-electron chi connectivity index (χ4n) is 3.44. The summed E-state index contributed by atoms with van der Waals surface area (Å²) in [5.41, 5.74) is 0.357. The molecule has 1 aromatic carbocycles. The Morgan fingerprint density at radius 3 is 2.63 bits per heavy atom. The largest absolute Gasteiger partial charge is 0.393 e. The summed E-state index contributed by atoms with van der Waals surface area (Å²) in [6.07, 6.45) is -5.60. The summed E-state index contributed by atoms with van der Waals surface area (Å²) in [6.45, 7) is 3.98. The van der Waals surface area contributed by atoms with Gasteiger partial charge in [0.05, 0.1) is 24.0 Å². The van der Waals surface area contributed by atoms with Crippen molar-refractivity contribution in [3.05, 3.63) is 34.9 Å². The van der Waals surface area contributed by atoms with E-state index in [1.54, 1.807) is 13.8 Å². The Balaban J connectivity index is 2.03. The number of piperidine rings is 1. The van der Waals surface area contributed by atoms with E-state index in [0.29, 0.717) is 24.9 Å². The first-order valence-corrected chi connectivity index (χ1v) is 9.85. The monoisotopic (exact) mass is 425 g/mol. The molecule has 6 nitrogen and oxygen atoms in total. The molecule has 2 amide bonds. The number of hydrogen-bond donors (Lipinski definition) is 2. The molecule has 1 aliphatic rings. The van der Waals surface area contributed by atoms with Crippen molar-refractivity contribution in [2.24, 2.45) is 11.8 Å². The van der Waals surface area contributed by atoms with Crippen molar-refractivity contribution in [1.82, 2.24) is 10.2 Å². The molecule has 1 unspecified atom stereocenters. The first-order valence-electron chi connectivity index (χ1n) is 9.85. The van der Waals surface area contributed by atoms with E-state index < -0.39 is 30.5 Å². The van der Waals surface area contributed by atoms with Crippen LogP contribution in [0.5, 0.6) is 0 Å². The number of carbonyl (C=O) groups is 2. The van der Waals surface area contributed by atoms with Gasteiger partial charge < -0.3 is 15.3 Å². The minimum absolute atomic E-state index is 0.0534. The highest BCUT2D eigenvalue weighted by Crippen LogP contribution is 2.25. The van der Waals surface area contributed by atoms with Gasteiger partial charge in [-0.15, -0.1) is 0 Å². The minimum atomic E-state index is -4.44. The van der Waals surface area contributed by atoms with Gasteiger partial charge in [-0.1, -0.05) is 19.9 Å². The summed E-state index contributed by atoms with van der Waals surface area (Å²) in [5.74, 6) is -1.50. The molecule has 0 radical (unpaired) electrons. The number of aliphatic hydroxyl groups is 1. The number of carbonyl (C=O) groups excluding carboxylic acids is 2. The van der Waals surface area contributed by atoms with Gasteiger partial charge in [0.1, 0.15) is 6.10 Å². The van der Waals surface area contributed by atoms with Crippen LogP contribution in [-0.2, 0) is 22.6 Å². The molecule has 2 atom stereocenters. The Bertz CT molecular complexity index is 818. The zero-order valence-corrected chi connectivity index (χ0v) is 17.0. The molecule has 0 aromatic heterocycles. The van der Waals surface area contributed by atoms with Crippen molar-refractivity contribution >= 4 is 11.8 Å². The molecule has 1 aromatic rings. The summed E-state index contributed by atoms with van der Waals surface area (Å²) >= 11 is 0. The van der Waals surface area contributed by atoms with E-state index in [4.69, 9.17) is 5.26 Å². The van der Waals surface area contributed by atoms with E-state index in [1.807, 2.05) is 6.07 Å². The zero-order chi connectivity index (χ0) is 22.5. The molecule has 0 aliphatic carbocycles. The highest BCUT2D eigenvalue weighted by molar-refractivity contribution is 5.83. The fraction of sp³-hybridized carbons (Fsp3) is 0.571. The van der Waals surface area contributed by atoms with Gasteiger partial charge in [0.25, 0.3) is 5.91 Å². The van der Waals surface area contributed by atoms with Crippen molar-refractivity contribution in [3.63, 3.8) is 0 Å². The van der Waals surface area contributed by atoms with Crippen molar-refractivity contribution in [1.29, 1.82) is 5.26 Å². The van der Waals surface area contributed by atoms with Crippen LogP contribution in [0.1, 0.15) is 43.4 Å². The summed E-state index contributed by atoms with van der Waals surface area (Å²) in [4.78, 5) is 26.4. The van der Waals surface area contributed by atoms with Gasteiger partial charge in [-0.2, -0.15) is 18.4 Å². The molecule has 30 heavy (non-hydrogen) atoms. The van der Waals surface area contributed by atoms with Crippen LogP contribution >= 0.6 is 0 Å². The van der Waals surface area contributed by atoms with Crippen LogP contribution < -0.4 is 5.32 Å². The third-order valence-electron chi connectivity index (χ3n) is 5.17. The highest BCUT2D eigenvalue weighted by atomic mass is 19.4. The average Bonchev–Trinajstić information content (AvgIpc) is 2.70. The Labute approximate surface area is 173 Å². The molecular weight excluding hydrogens is 399 g/mol. The number of aliphatic hydroxyl groups excluding tert-OH is 1. The number of alkyl halides is 3. The van der Waals surface area contributed by atoms with E-state index in [0.717, 1.165) is 0 Å². The number of amides is 2. The van der Waals surface area contributed by atoms with Crippen LogP contribution in [0.2, 0.25) is 0 Å². The smallest absolute Gasteiger partial charge is 0.383 e. The maximum atomic E-state index is 12.9. The SMILES string of the molecule is CC(C)C(O)C(=O)N1CCC[C@@H](C(=O)NCc2ccc(C#N)cc2CC(F)(F)F)C1. The molecule has 2 rings (SSSR count). The van der Waals surface area contributed by atoms with Gasteiger partial charge in [0.2, 0.25) is 5.91 Å². The lowest BCUT2D eigenvalue weighted by Crippen LogP contribution is -2.49. The number of rotatable bonds is 6. The zero-order valence-electron chi connectivity index (χ0n) is 17.0. The van der Waals surface area contributed by atoms with Crippen LogP contribution in [0.4, 0.5) is 13.2 Å². The molecular formula is C21H26F3N3O3. The van der Waals surface area contributed by atoms with Crippen LogP contribution in [0.15, 0.2) is 18.2 Å². The topological polar surface area (TPSA) is 93.4 Å². The maximum Gasteiger partial charge on any atom is 0.393 e. The molecule has 1 aliphatic heterocycles. The van der Waals surface area contributed by atoms with Gasteiger partial charge >= 0.3 is 6.18 Å². The lowest BCUT2D eigenvalue weighted by molar-refractivity contribution is -0.145. The molecule has 1 heterocycles. The number of halogens is 3. The third-order valence-corrected chi connectivity index (χ3v) is 5.17. The number of nitrogens with zero attached hydrogens (tertiary/aromatic N) is 2. The van der Waals surface area contributed by atoms with Crippen LogP contribution in [-0.4, -0.2) is 47.2 Å². The fourth-order valence-corrected chi connectivity index (χ4v) is 3.44. The van der Waals surface area contributed by atoms with E-state index in [-0.39, 0.29) is 36.0 Å². The molecule has 0 bridgehead atoms. The third kappa shape index (κ3) is 6.46. The van der Waals surface area contributed by atoms with E-state index in [1.165, 1.54) is 23.1 Å². The first kappa shape index (κ1) is 23.7. The predicted molar refractivity (Wildman–Crippen MR) is 103 cm³/mol. The number of nitrogens with one attached hydrogen (secondary N) is 1. The molecule has 164 valence electrons. The lowest BCUT2D eigenvalue weighted by Gasteiger charge is -2.34. The molecule has 0 spiro atoms. The number of nitriles is 1. The van der Waals surface area contributed by atoms with E-state index in [2.05, 4.69) is 5.32 Å². The first-order chi connectivity index (χ1) is 14.0. The standard InChI is InChI=1S/C21H26F3N3O3/c1-13(2)18(28)20(30)27-7-3-4-16(12-27)19(29)26-11-15-6-5-14(10-25)8-17(15)9-21(22,23)24/h5-6,8,13,16,18,28H,3-4,7,9,11-12H2,1-2H3,(H,26,29)/t16-,18?/m1/s1. The number of benzene rings is 1. The Kier molecular flexibility index (Phi) is 7.84. The normalized spacial score (nSPS) is 18.1. The summed E-state index contributed by atoms with van der Waals surface area (Å²) in [7, 11) is 0. The minimum Gasteiger partial charge on any atom is -0.383 e. The van der Waals surface area contributed by atoms with Crippen molar-refractivity contribution in [2.75, 3.05) is 13.1 Å². The second kappa shape index (κ2) is 9.94. The van der Waals surface area contributed by atoms with E-state index in [9.17, 15) is 27.9 Å². The van der Waals surface area contributed by atoms with Gasteiger partial charge in [-0.3, -0.25) is 9.59 Å². The Morgan fingerprint density at radius 1 is 1.33 bits per heavy atom. The highest BCUT2D eigenvalue weighted by Gasteiger charge is 2.32. The number of likely N-dealkylation sites (tertiary alicyclic amines) is 1. The van der Waals surface area contributed by atoms with Crippen molar-refractivity contribution < 1.29 is 27.9 Å². The second-order valence-electron chi connectivity index (χ2n) is 7.92. The van der Waals surface area contributed by atoms with E-state index >= 15 is 0 Å². The van der Waals surface area contributed by atoms with Gasteiger partial charge in [-0.25, -0.2) is 0 Å². The van der Waals surface area contributed by atoms with Crippen LogP contribution in [0.3, 0.4) is 0 Å². The van der Waals surface area contributed by atoms with Gasteiger partial charge in [0, 0.05) is 19.6 Å². The van der Waals surface area contributed by atoms with Crippen molar-refractivity contribution in [3.8, 4) is 6.07 Å². The van der Waals surface area contributed by atoms with Crippen LogP contribution in [0, 0.1) is 23.2 Å². The molecule has 0 saturated carbocycles. The summed E-state index contributed by atoms with van der Waals surface area (Å²) in [5, 5.41) is 21.6. The summed E-state index contributed by atoms with van der Waals surface area (Å²) in [6, 6.07) is 5.83. The van der Waals surface area contributed by atoms with Gasteiger partial charge in [0.15, 0.2) is 0 Å². The Hall–Kier alpha value is -2.60. The second-order valence-corrected chi connectivity index (χ2v) is 7.92. The predicted octanol–water partition coefficient (Wildman–Crippen LogP) is 2.53. The quantitative estimate of drug-likeness (QED) is 0.733. The Morgan fingerprint density at radius 2 is 2.03 bits per heavy atom. The molecule has 1 saturated heterocycles. The maximum absolute atomic E-state index is 12.9. The van der Waals surface area contributed by atoms with Crippen molar-refractivity contribution in [2.45, 2.75) is 51.9 Å². The molecule has 9 heteroatoms. The molecule has 1 fully saturated rings. The van der Waals surface area contributed by atoms with Gasteiger partial charge in [-0.05, 0) is 42.0 Å². The van der Waals surface area contributed by atoms with Crippen LogP contribution in [0.25, 0.3) is 0 Å².